The molecule has 0 atom stereocenters. The first-order valence-electron chi connectivity index (χ1n) is 9.95. The number of aromatic amines is 1. The van der Waals surface area contributed by atoms with Crippen molar-refractivity contribution in [3.05, 3.63) is 58.3 Å². The maximum absolute atomic E-state index is 12.6. The Kier molecular flexibility index (Phi) is 4.42. The number of nitrogens with two attached hydrogens (primary N) is 1. The molecule has 1 aliphatic carbocycles. The van der Waals surface area contributed by atoms with Crippen LogP contribution in [0.2, 0.25) is 0 Å². The molecule has 1 aromatic carbocycles. The van der Waals surface area contributed by atoms with E-state index in [1.54, 1.807) is 0 Å². The van der Waals surface area contributed by atoms with Crippen LogP contribution in [-0.2, 0) is 0 Å². The zero-order valence-electron chi connectivity index (χ0n) is 16.2. The van der Waals surface area contributed by atoms with Gasteiger partial charge in [-0.15, -0.1) is 10.2 Å². The number of H-pyrrole nitrogens is 1. The van der Waals surface area contributed by atoms with Gasteiger partial charge in [-0.25, -0.2) is 0 Å². The number of rotatable bonds is 4. The third-order valence-corrected chi connectivity index (χ3v) is 5.66. The van der Waals surface area contributed by atoms with Gasteiger partial charge in [0.15, 0.2) is 5.65 Å². The van der Waals surface area contributed by atoms with Gasteiger partial charge < -0.3 is 15.1 Å². The molecule has 1 saturated carbocycles. The second-order valence-electron chi connectivity index (χ2n) is 7.57. The molecule has 152 valence electrons. The van der Waals surface area contributed by atoms with Gasteiger partial charge in [0.25, 0.3) is 11.4 Å². The van der Waals surface area contributed by atoms with Crippen LogP contribution in [0.1, 0.15) is 54.3 Å². The van der Waals surface area contributed by atoms with Gasteiger partial charge in [0.05, 0.1) is 11.9 Å². The molecule has 0 bridgehead atoms. The van der Waals surface area contributed by atoms with Crippen LogP contribution in [0.3, 0.4) is 0 Å². The summed E-state index contributed by atoms with van der Waals surface area (Å²) in [6, 6.07) is 9.84. The molecular weight excluding hydrogens is 384 g/mol. The summed E-state index contributed by atoms with van der Waals surface area (Å²) in [6.45, 7) is 0. The lowest BCUT2D eigenvalue weighted by Crippen LogP contribution is -2.14. The summed E-state index contributed by atoms with van der Waals surface area (Å²) in [5.74, 6) is -0.453. The van der Waals surface area contributed by atoms with Gasteiger partial charge >= 0.3 is 11.8 Å². The van der Waals surface area contributed by atoms with E-state index in [4.69, 9.17) is 10.2 Å². The van der Waals surface area contributed by atoms with Crippen molar-refractivity contribution in [3.63, 3.8) is 0 Å². The van der Waals surface area contributed by atoms with Crippen LogP contribution < -0.4 is 11.3 Å². The van der Waals surface area contributed by atoms with E-state index < -0.39 is 5.91 Å². The Morgan fingerprint density at radius 3 is 2.60 bits per heavy atom. The smallest absolute Gasteiger partial charge is 0.306 e. The molecule has 1 fully saturated rings. The lowest BCUT2D eigenvalue weighted by atomic mass is 9.84. The minimum atomic E-state index is -0.822. The minimum Gasteiger partial charge on any atom is -0.412 e. The van der Waals surface area contributed by atoms with Crippen molar-refractivity contribution < 1.29 is 9.21 Å². The van der Waals surface area contributed by atoms with Crippen molar-refractivity contribution in [2.45, 2.75) is 38.0 Å². The zero-order chi connectivity index (χ0) is 20.7. The van der Waals surface area contributed by atoms with Crippen LogP contribution in [0, 0.1) is 0 Å². The zero-order valence-corrected chi connectivity index (χ0v) is 16.2. The maximum Gasteiger partial charge on any atom is 0.306 e. The fourth-order valence-electron chi connectivity index (χ4n) is 4.10. The highest BCUT2D eigenvalue weighted by molar-refractivity contribution is 5.88. The summed E-state index contributed by atoms with van der Waals surface area (Å²) in [6.07, 6.45) is 7.80. The third-order valence-electron chi connectivity index (χ3n) is 5.66. The Bertz CT molecular complexity index is 1280. The van der Waals surface area contributed by atoms with E-state index in [1.807, 2.05) is 12.1 Å². The molecule has 3 heterocycles. The number of hydrogen-bond donors (Lipinski definition) is 2. The van der Waals surface area contributed by atoms with Crippen LogP contribution in [0.5, 0.6) is 0 Å². The van der Waals surface area contributed by atoms with E-state index in [9.17, 15) is 9.59 Å². The van der Waals surface area contributed by atoms with Crippen molar-refractivity contribution in [1.29, 1.82) is 0 Å². The Morgan fingerprint density at radius 1 is 1.13 bits per heavy atom. The first-order chi connectivity index (χ1) is 14.6. The quantitative estimate of drug-likeness (QED) is 0.537. The van der Waals surface area contributed by atoms with Gasteiger partial charge in [-0.2, -0.15) is 9.61 Å². The van der Waals surface area contributed by atoms with E-state index in [0.717, 1.165) is 5.56 Å². The van der Waals surface area contributed by atoms with Gasteiger partial charge in [0, 0.05) is 6.07 Å². The van der Waals surface area contributed by atoms with Crippen LogP contribution in [-0.4, -0.2) is 30.7 Å². The summed E-state index contributed by atoms with van der Waals surface area (Å²) in [7, 11) is 0. The topological polar surface area (TPSA) is 132 Å². The molecule has 0 aliphatic heterocycles. The van der Waals surface area contributed by atoms with Gasteiger partial charge in [0.1, 0.15) is 5.56 Å². The van der Waals surface area contributed by atoms with E-state index in [2.05, 4.69) is 32.4 Å². The number of nitrogens with one attached hydrogen (secondary N) is 1. The molecule has 0 spiro atoms. The van der Waals surface area contributed by atoms with E-state index in [1.165, 1.54) is 54.4 Å². The molecule has 9 heteroatoms. The Labute approximate surface area is 170 Å². The van der Waals surface area contributed by atoms with Gasteiger partial charge in [-0.3, -0.25) is 9.59 Å². The Morgan fingerprint density at radius 2 is 1.90 bits per heavy atom. The summed E-state index contributed by atoms with van der Waals surface area (Å²) in [5.41, 5.74) is 8.57. The van der Waals surface area contributed by atoms with Gasteiger partial charge in [-0.05, 0) is 29.9 Å². The summed E-state index contributed by atoms with van der Waals surface area (Å²) in [4.78, 5) is 27.0. The fraction of sp³-hybridized carbons (Fsp3) is 0.286. The largest absolute Gasteiger partial charge is 0.412 e. The normalized spacial score (nSPS) is 14.9. The number of fused-ring (bicyclic) bond motifs is 1. The Hall–Kier alpha value is -3.75. The minimum absolute atomic E-state index is 0.0549. The monoisotopic (exact) mass is 404 g/mol. The molecule has 4 aromatic rings. The van der Waals surface area contributed by atoms with Gasteiger partial charge in [0.2, 0.25) is 0 Å². The fourth-order valence-corrected chi connectivity index (χ4v) is 4.10. The van der Waals surface area contributed by atoms with Gasteiger partial charge in [-0.1, -0.05) is 43.5 Å². The molecule has 0 unspecified atom stereocenters. The first-order valence-corrected chi connectivity index (χ1v) is 9.95. The summed E-state index contributed by atoms with van der Waals surface area (Å²) in [5, 5.41) is 11.5. The second-order valence-corrected chi connectivity index (χ2v) is 7.57. The van der Waals surface area contributed by atoms with Crippen molar-refractivity contribution in [2.75, 3.05) is 0 Å². The van der Waals surface area contributed by atoms with Crippen LogP contribution in [0.15, 0.2) is 45.7 Å². The molecule has 5 rings (SSSR count). The van der Waals surface area contributed by atoms with Crippen molar-refractivity contribution >= 4 is 11.6 Å². The molecule has 1 aliphatic rings. The third kappa shape index (κ3) is 3.18. The molecule has 9 nitrogen and oxygen atoms in total. The first kappa shape index (κ1) is 18.3. The molecule has 30 heavy (non-hydrogen) atoms. The van der Waals surface area contributed by atoms with E-state index in [0.29, 0.717) is 22.8 Å². The predicted octanol–water partition coefficient (Wildman–Crippen LogP) is 2.89. The number of hydrogen-bond acceptors (Lipinski definition) is 6. The van der Waals surface area contributed by atoms with Crippen LogP contribution >= 0.6 is 0 Å². The van der Waals surface area contributed by atoms with E-state index in [-0.39, 0.29) is 17.3 Å². The number of primary amides is 1. The lowest BCUT2D eigenvalue weighted by molar-refractivity contribution is 0.0968. The van der Waals surface area contributed by atoms with Crippen molar-refractivity contribution in [2.24, 2.45) is 5.73 Å². The average molecular weight is 404 g/mol. The number of aromatic nitrogens is 5. The molecular formula is C21H20N6O3. The Balaban J connectivity index is 1.53. The molecule has 3 aromatic heterocycles. The molecule has 3 N–H and O–H groups in total. The average Bonchev–Trinajstić information content (AvgIpc) is 3.42. The predicted molar refractivity (Wildman–Crippen MR) is 109 cm³/mol. The highest BCUT2D eigenvalue weighted by Gasteiger charge is 2.19. The number of carbonyl (C=O) groups is 1. The maximum atomic E-state index is 12.6. The number of benzene rings is 1. The standard InChI is InChI=1S/C21H20N6O3/c22-18(29)21-26-25-20(30-21)15-11-23-27-17(28)10-16(24-19(15)27)14-8-6-13(7-9-14)12-4-2-1-3-5-12/h6-12,24H,1-5H2,(H2,22,29). The lowest BCUT2D eigenvalue weighted by Gasteiger charge is -2.22. The number of carbonyl (C=O) groups excluding carboxylic acids is 1. The van der Waals surface area contributed by atoms with Crippen molar-refractivity contribution in [1.82, 2.24) is 24.8 Å². The highest BCUT2D eigenvalue weighted by Crippen LogP contribution is 2.33. The SMILES string of the molecule is NC(=O)c1nnc(-c2cnn3c(=O)cc(-c4ccc(C5CCCCC5)cc4)[nH]c23)o1. The van der Waals surface area contributed by atoms with Crippen molar-refractivity contribution in [3.8, 4) is 22.7 Å². The highest BCUT2D eigenvalue weighted by atomic mass is 16.4. The van der Waals surface area contributed by atoms with Crippen LogP contribution in [0.4, 0.5) is 0 Å². The second kappa shape index (κ2) is 7.25. The van der Waals surface area contributed by atoms with E-state index >= 15 is 0 Å². The summed E-state index contributed by atoms with van der Waals surface area (Å²) >= 11 is 0. The number of amides is 1. The summed E-state index contributed by atoms with van der Waals surface area (Å²) < 4.78 is 6.51. The molecule has 0 saturated heterocycles. The van der Waals surface area contributed by atoms with Crippen LogP contribution in [0.25, 0.3) is 28.4 Å². The number of nitrogens with zero attached hydrogens (tertiary/aromatic N) is 4. The molecule has 1 amide bonds. The molecule has 0 radical (unpaired) electrons.